The Morgan fingerprint density at radius 1 is 1.29 bits per heavy atom. The van der Waals surface area contributed by atoms with Crippen molar-refractivity contribution >= 4 is 21.9 Å². The van der Waals surface area contributed by atoms with Crippen molar-refractivity contribution < 1.29 is 17.9 Å². The molecule has 24 heavy (non-hydrogen) atoms. The maximum Gasteiger partial charge on any atom is 0.415 e. The van der Waals surface area contributed by atoms with Crippen LogP contribution in [0.4, 0.5) is 10.6 Å². The first-order valence-corrected chi connectivity index (χ1v) is 10.1. The molecule has 8 heteroatoms. The molecular formula is C16H23N3O4S. The van der Waals surface area contributed by atoms with E-state index >= 15 is 0 Å². The van der Waals surface area contributed by atoms with Crippen LogP contribution < -0.4 is 4.90 Å². The number of rotatable bonds is 4. The maximum atomic E-state index is 11.8. The fraction of sp³-hybridized carbons (Fsp3) is 0.625. The number of carbonyl (C=O) groups is 1. The van der Waals surface area contributed by atoms with Gasteiger partial charge in [0.2, 0.25) is 10.0 Å². The van der Waals surface area contributed by atoms with Crippen molar-refractivity contribution in [3.63, 3.8) is 0 Å². The number of sulfonamides is 1. The highest BCUT2D eigenvalue weighted by molar-refractivity contribution is 7.88. The van der Waals surface area contributed by atoms with E-state index in [0.717, 1.165) is 25.0 Å². The van der Waals surface area contributed by atoms with E-state index in [0.29, 0.717) is 31.4 Å². The summed E-state index contributed by atoms with van der Waals surface area (Å²) in [6, 6.07) is 5.67. The lowest BCUT2D eigenvalue weighted by atomic mass is 9.93. The summed E-state index contributed by atoms with van der Waals surface area (Å²) >= 11 is 0. The number of cyclic esters (lactones) is 1. The van der Waals surface area contributed by atoms with Gasteiger partial charge in [0.1, 0.15) is 11.9 Å². The lowest BCUT2D eigenvalue weighted by Crippen LogP contribution is -2.38. The number of aromatic nitrogens is 1. The van der Waals surface area contributed by atoms with Gasteiger partial charge in [-0.25, -0.2) is 22.5 Å². The van der Waals surface area contributed by atoms with Crippen LogP contribution in [0.2, 0.25) is 0 Å². The minimum Gasteiger partial charge on any atom is -0.444 e. The quantitative estimate of drug-likeness (QED) is 0.822. The van der Waals surface area contributed by atoms with Crippen molar-refractivity contribution in [3.8, 4) is 0 Å². The van der Waals surface area contributed by atoms with Crippen molar-refractivity contribution in [2.45, 2.75) is 32.3 Å². The van der Waals surface area contributed by atoms with Gasteiger partial charge in [0, 0.05) is 18.8 Å². The number of piperidine rings is 1. The highest BCUT2D eigenvalue weighted by Crippen LogP contribution is 2.24. The summed E-state index contributed by atoms with van der Waals surface area (Å²) in [5.74, 6) is 1.03. The first-order valence-electron chi connectivity index (χ1n) is 8.22. The highest BCUT2D eigenvalue weighted by Gasteiger charge is 2.30. The number of carbonyl (C=O) groups excluding carboxylic acids is 1. The average molecular weight is 353 g/mol. The number of pyridine rings is 1. The highest BCUT2D eigenvalue weighted by atomic mass is 32.2. The van der Waals surface area contributed by atoms with Crippen LogP contribution in [0.5, 0.6) is 0 Å². The molecule has 2 aliphatic heterocycles. The second-order valence-corrected chi connectivity index (χ2v) is 8.58. The zero-order valence-corrected chi connectivity index (χ0v) is 14.8. The van der Waals surface area contributed by atoms with Crippen LogP contribution in [-0.2, 0) is 21.2 Å². The molecule has 0 aliphatic carbocycles. The Balaban J connectivity index is 1.63. The number of hydrogen-bond acceptors (Lipinski definition) is 5. The van der Waals surface area contributed by atoms with Crippen LogP contribution in [0.25, 0.3) is 0 Å². The summed E-state index contributed by atoms with van der Waals surface area (Å²) in [5.41, 5.74) is 0.928. The van der Waals surface area contributed by atoms with Gasteiger partial charge < -0.3 is 4.74 Å². The topological polar surface area (TPSA) is 79.8 Å². The molecule has 1 aromatic rings. The van der Waals surface area contributed by atoms with Gasteiger partial charge in [-0.15, -0.1) is 0 Å². The average Bonchev–Trinajstić information content (AvgIpc) is 2.86. The molecule has 0 saturated carbocycles. The molecule has 0 aromatic carbocycles. The van der Waals surface area contributed by atoms with Crippen molar-refractivity contribution in [3.05, 3.63) is 23.9 Å². The van der Waals surface area contributed by atoms with Gasteiger partial charge >= 0.3 is 6.09 Å². The SMILES string of the molecule is C[C@@H]1CN(c2cccc(CC3CCN(S(C)(=O)=O)CC3)n2)C(=O)O1. The van der Waals surface area contributed by atoms with Crippen molar-refractivity contribution in [1.82, 2.24) is 9.29 Å². The third-order valence-corrected chi connectivity index (χ3v) is 5.87. The molecule has 2 saturated heterocycles. The molecule has 0 unspecified atom stereocenters. The number of hydrogen-bond donors (Lipinski definition) is 0. The van der Waals surface area contributed by atoms with Gasteiger partial charge in [-0.2, -0.15) is 0 Å². The predicted octanol–water partition coefficient (Wildman–Crippen LogP) is 1.64. The molecule has 2 fully saturated rings. The summed E-state index contributed by atoms with van der Waals surface area (Å²) in [5, 5.41) is 0. The zero-order valence-electron chi connectivity index (χ0n) is 14.0. The Hall–Kier alpha value is -1.67. The van der Waals surface area contributed by atoms with E-state index < -0.39 is 10.0 Å². The lowest BCUT2D eigenvalue weighted by Gasteiger charge is -2.30. The summed E-state index contributed by atoms with van der Waals surface area (Å²) < 4.78 is 29.8. The molecule has 1 atom stereocenters. The van der Waals surface area contributed by atoms with Crippen LogP contribution >= 0.6 is 0 Å². The minimum atomic E-state index is -3.09. The number of nitrogens with zero attached hydrogens (tertiary/aromatic N) is 3. The van der Waals surface area contributed by atoms with E-state index in [1.807, 2.05) is 25.1 Å². The van der Waals surface area contributed by atoms with E-state index in [2.05, 4.69) is 4.98 Å². The number of anilines is 1. The Morgan fingerprint density at radius 3 is 2.58 bits per heavy atom. The molecule has 132 valence electrons. The van der Waals surface area contributed by atoms with Crippen LogP contribution in [0.3, 0.4) is 0 Å². The first-order chi connectivity index (χ1) is 11.3. The first kappa shape index (κ1) is 17.2. The van der Waals surface area contributed by atoms with Crippen LogP contribution in [0, 0.1) is 5.92 Å². The molecule has 1 aromatic heterocycles. The number of ether oxygens (including phenoxy) is 1. The van der Waals surface area contributed by atoms with E-state index in [9.17, 15) is 13.2 Å². The second-order valence-electron chi connectivity index (χ2n) is 6.60. The van der Waals surface area contributed by atoms with Gasteiger partial charge in [-0.1, -0.05) is 6.07 Å². The molecular weight excluding hydrogens is 330 g/mol. The molecule has 3 rings (SSSR count). The molecule has 3 heterocycles. The second kappa shape index (κ2) is 6.68. The van der Waals surface area contributed by atoms with Gasteiger partial charge in [-0.3, -0.25) is 4.90 Å². The zero-order chi connectivity index (χ0) is 17.3. The van der Waals surface area contributed by atoms with Crippen LogP contribution in [-0.4, -0.2) is 55.8 Å². The molecule has 7 nitrogen and oxygen atoms in total. The van der Waals surface area contributed by atoms with Gasteiger partial charge in [0.25, 0.3) is 0 Å². The molecule has 0 spiro atoms. The third kappa shape index (κ3) is 3.87. The molecule has 1 amide bonds. The Morgan fingerprint density at radius 2 is 2.00 bits per heavy atom. The monoisotopic (exact) mass is 353 g/mol. The van der Waals surface area contributed by atoms with Crippen molar-refractivity contribution in [1.29, 1.82) is 0 Å². The molecule has 0 bridgehead atoms. The summed E-state index contributed by atoms with van der Waals surface area (Å²) in [4.78, 5) is 18.0. The summed E-state index contributed by atoms with van der Waals surface area (Å²) in [6.07, 6.45) is 3.25. The predicted molar refractivity (Wildman–Crippen MR) is 90.4 cm³/mol. The fourth-order valence-electron chi connectivity index (χ4n) is 3.26. The van der Waals surface area contributed by atoms with Gasteiger partial charge in [0.05, 0.1) is 12.8 Å². The van der Waals surface area contributed by atoms with Crippen LogP contribution in [0.1, 0.15) is 25.5 Å². The van der Waals surface area contributed by atoms with Gasteiger partial charge in [0.15, 0.2) is 0 Å². The fourth-order valence-corrected chi connectivity index (χ4v) is 4.14. The van der Waals surface area contributed by atoms with E-state index in [1.165, 1.54) is 10.6 Å². The molecule has 2 aliphatic rings. The van der Waals surface area contributed by atoms with E-state index in [1.54, 1.807) is 4.90 Å². The molecule has 0 N–H and O–H groups in total. The van der Waals surface area contributed by atoms with E-state index in [4.69, 9.17) is 4.74 Å². The lowest BCUT2D eigenvalue weighted by molar-refractivity contribution is 0.150. The van der Waals surface area contributed by atoms with Crippen molar-refractivity contribution in [2.24, 2.45) is 5.92 Å². The molecule has 0 radical (unpaired) electrons. The standard InChI is InChI=1S/C16H23N3O4S/c1-12-11-19(16(20)23-12)15-5-3-4-14(17-15)10-13-6-8-18(9-7-13)24(2,21)22/h3-5,12-13H,6-11H2,1-2H3/t12-/m1/s1. The van der Waals surface area contributed by atoms with Crippen molar-refractivity contribution in [2.75, 3.05) is 30.8 Å². The van der Waals surface area contributed by atoms with Gasteiger partial charge in [-0.05, 0) is 44.2 Å². The van der Waals surface area contributed by atoms with E-state index in [-0.39, 0.29) is 12.2 Å². The maximum absolute atomic E-state index is 11.8. The largest absolute Gasteiger partial charge is 0.444 e. The Bertz CT molecular complexity index is 714. The minimum absolute atomic E-state index is 0.122. The Labute approximate surface area is 142 Å². The normalized spacial score (nSPS) is 23.5. The third-order valence-electron chi connectivity index (χ3n) is 4.57. The Kier molecular flexibility index (Phi) is 4.78. The smallest absolute Gasteiger partial charge is 0.415 e. The summed E-state index contributed by atoms with van der Waals surface area (Å²) in [7, 11) is -3.09. The number of amides is 1. The van der Waals surface area contributed by atoms with Crippen LogP contribution in [0.15, 0.2) is 18.2 Å². The summed E-state index contributed by atoms with van der Waals surface area (Å²) in [6.45, 7) is 3.51.